The minimum Gasteiger partial charge on any atom is -0.442 e. The van der Waals surface area contributed by atoms with E-state index in [2.05, 4.69) is 10.6 Å². The monoisotopic (exact) mass is 228 g/mol. The fraction of sp³-hybridized carbons (Fsp3) is 0.909. The van der Waals surface area contributed by atoms with Gasteiger partial charge in [0.05, 0.1) is 0 Å². The van der Waals surface area contributed by atoms with Crippen molar-refractivity contribution in [2.24, 2.45) is 5.92 Å². The summed E-state index contributed by atoms with van der Waals surface area (Å²) >= 11 is 0. The molecule has 2 N–H and O–H groups in total. The zero-order valence-corrected chi connectivity index (χ0v) is 9.75. The van der Waals surface area contributed by atoms with Crippen LogP contribution in [-0.4, -0.2) is 45.0 Å². The predicted molar refractivity (Wildman–Crippen MR) is 59.3 cm³/mol. The van der Waals surface area contributed by atoms with Gasteiger partial charge < -0.3 is 20.1 Å². The molecule has 1 unspecified atom stereocenters. The van der Waals surface area contributed by atoms with Crippen LogP contribution in [0.1, 0.15) is 19.3 Å². The quantitative estimate of drug-likeness (QED) is 0.738. The van der Waals surface area contributed by atoms with Crippen LogP contribution in [0.3, 0.4) is 0 Å². The molecule has 2 heterocycles. The third kappa shape index (κ3) is 2.30. The van der Waals surface area contributed by atoms with Crippen LogP contribution in [0.15, 0.2) is 0 Å². The second kappa shape index (κ2) is 5.01. The molecular formula is C11H20N2O3. The molecule has 5 heteroatoms. The Morgan fingerprint density at radius 2 is 2.25 bits per heavy atom. The first-order chi connectivity index (χ1) is 7.77. The van der Waals surface area contributed by atoms with E-state index in [1.165, 1.54) is 0 Å². The van der Waals surface area contributed by atoms with Gasteiger partial charge in [0.25, 0.3) is 0 Å². The fourth-order valence-corrected chi connectivity index (χ4v) is 2.68. The van der Waals surface area contributed by atoms with Gasteiger partial charge in [-0.05, 0) is 19.5 Å². The van der Waals surface area contributed by atoms with E-state index in [0.717, 1.165) is 39.0 Å². The highest BCUT2D eigenvalue weighted by Gasteiger charge is 2.45. The van der Waals surface area contributed by atoms with Gasteiger partial charge in [-0.25, -0.2) is 4.79 Å². The van der Waals surface area contributed by atoms with Crippen LogP contribution in [0.2, 0.25) is 0 Å². The van der Waals surface area contributed by atoms with E-state index >= 15 is 0 Å². The van der Waals surface area contributed by atoms with Gasteiger partial charge >= 0.3 is 6.09 Å². The van der Waals surface area contributed by atoms with Crippen LogP contribution in [0.4, 0.5) is 4.79 Å². The molecular weight excluding hydrogens is 208 g/mol. The number of amides is 1. The molecule has 2 rings (SSSR count). The lowest BCUT2D eigenvalue weighted by Crippen LogP contribution is -2.58. The first-order valence-electron chi connectivity index (χ1n) is 5.93. The number of hydrogen-bond donors (Lipinski definition) is 2. The van der Waals surface area contributed by atoms with E-state index in [-0.39, 0.29) is 11.7 Å². The molecule has 2 aliphatic rings. The molecule has 5 nitrogen and oxygen atoms in total. The molecule has 1 spiro atoms. The predicted octanol–water partition coefficient (Wildman–Crippen LogP) is 0.501. The number of carbonyl (C=O) groups excluding carboxylic acids is 1. The normalized spacial score (nSPS) is 28.6. The number of methoxy groups -OCH3 is 1. The SMILES string of the molecule is COCCC1CNC(=O)OC12CCNCC2. The Labute approximate surface area is 95.9 Å². The Morgan fingerprint density at radius 3 is 2.94 bits per heavy atom. The summed E-state index contributed by atoms with van der Waals surface area (Å²) in [5.74, 6) is 0.368. The fourth-order valence-electron chi connectivity index (χ4n) is 2.68. The molecule has 0 aromatic heterocycles. The standard InChI is InChI=1S/C11H20N2O3/c1-15-7-2-9-8-13-10(14)16-11(9)3-5-12-6-4-11/h9,12H,2-8H2,1H3,(H,13,14). The van der Waals surface area contributed by atoms with E-state index in [9.17, 15) is 4.79 Å². The Bertz CT molecular complexity index is 252. The zero-order chi connectivity index (χ0) is 11.4. The molecule has 1 amide bonds. The molecule has 0 aromatic carbocycles. The Morgan fingerprint density at radius 1 is 1.50 bits per heavy atom. The summed E-state index contributed by atoms with van der Waals surface area (Å²) in [5, 5.41) is 6.08. The van der Waals surface area contributed by atoms with Gasteiger partial charge in [-0.2, -0.15) is 0 Å². The lowest BCUT2D eigenvalue weighted by atomic mass is 9.77. The maximum absolute atomic E-state index is 11.4. The van der Waals surface area contributed by atoms with Crippen LogP contribution in [0.25, 0.3) is 0 Å². The van der Waals surface area contributed by atoms with Crippen molar-refractivity contribution in [3.63, 3.8) is 0 Å². The van der Waals surface area contributed by atoms with Crippen molar-refractivity contribution in [1.29, 1.82) is 0 Å². The molecule has 0 bridgehead atoms. The number of hydrogen-bond acceptors (Lipinski definition) is 4. The second-order valence-corrected chi connectivity index (χ2v) is 4.56. The van der Waals surface area contributed by atoms with Crippen molar-refractivity contribution in [1.82, 2.24) is 10.6 Å². The van der Waals surface area contributed by atoms with Gasteiger partial charge in [-0.3, -0.25) is 0 Å². The smallest absolute Gasteiger partial charge is 0.407 e. The van der Waals surface area contributed by atoms with Gasteiger partial charge in [0.2, 0.25) is 0 Å². The van der Waals surface area contributed by atoms with E-state index < -0.39 is 0 Å². The number of carbonyl (C=O) groups is 1. The number of alkyl carbamates (subject to hydrolysis) is 1. The molecule has 0 radical (unpaired) electrons. The lowest BCUT2D eigenvalue weighted by Gasteiger charge is -2.45. The van der Waals surface area contributed by atoms with Crippen molar-refractivity contribution in [2.75, 3.05) is 33.4 Å². The van der Waals surface area contributed by atoms with Crippen LogP contribution in [0.5, 0.6) is 0 Å². The zero-order valence-electron chi connectivity index (χ0n) is 9.75. The van der Waals surface area contributed by atoms with Gasteiger partial charge in [-0.15, -0.1) is 0 Å². The van der Waals surface area contributed by atoms with Crippen LogP contribution in [0, 0.1) is 5.92 Å². The maximum atomic E-state index is 11.4. The highest BCUT2D eigenvalue weighted by atomic mass is 16.6. The molecule has 0 aliphatic carbocycles. The number of ether oxygens (including phenoxy) is 2. The van der Waals surface area contributed by atoms with Crippen molar-refractivity contribution in [3.05, 3.63) is 0 Å². The van der Waals surface area contributed by atoms with Crippen molar-refractivity contribution >= 4 is 6.09 Å². The third-order valence-corrected chi connectivity index (χ3v) is 3.65. The van der Waals surface area contributed by atoms with E-state index in [0.29, 0.717) is 12.5 Å². The molecule has 2 fully saturated rings. The summed E-state index contributed by atoms with van der Waals surface area (Å²) < 4.78 is 10.7. The highest BCUT2D eigenvalue weighted by Crippen LogP contribution is 2.35. The van der Waals surface area contributed by atoms with E-state index in [1.54, 1.807) is 7.11 Å². The molecule has 0 saturated carbocycles. The minimum absolute atomic E-state index is 0.258. The molecule has 16 heavy (non-hydrogen) atoms. The molecule has 92 valence electrons. The summed E-state index contributed by atoms with van der Waals surface area (Å²) in [4.78, 5) is 11.4. The Kier molecular flexibility index (Phi) is 3.66. The minimum atomic E-state index is -0.268. The van der Waals surface area contributed by atoms with Crippen molar-refractivity contribution in [2.45, 2.75) is 24.9 Å². The first-order valence-corrected chi connectivity index (χ1v) is 5.93. The van der Waals surface area contributed by atoms with Crippen LogP contribution < -0.4 is 10.6 Å². The summed E-state index contributed by atoms with van der Waals surface area (Å²) in [6.07, 6.45) is 2.50. The molecule has 0 aromatic rings. The number of piperidine rings is 1. The van der Waals surface area contributed by atoms with Crippen LogP contribution >= 0.6 is 0 Å². The van der Waals surface area contributed by atoms with E-state index in [1.807, 2.05) is 0 Å². The van der Waals surface area contributed by atoms with E-state index in [4.69, 9.17) is 9.47 Å². The second-order valence-electron chi connectivity index (χ2n) is 4.56. The van der Waals surface area contributed by atoms with Crippen molar-refractivity contribution in [3.8, 4) is 0 Å². The average Bonchev–Trinajstić information content (AvgIpc) is 2.29. The average molecular weight is 228 g/mol. The third-order valence-electron chi connectivity index (χ3n) is 3.65. The number of nitrogens with one attached hydrogen (secondary N) is 2. The molecule has 1 atom stereocenters. The molecule has 2 aliphatic heterocycles. The van der Waals surface area contributed by atoms with Gasteiger partial charge in [0.15, 0.2) is 0 Å². The first kappa shape index (κ1) is 11.7. The summed E-state index contributed by atoms with van der Waals surface area (Å²) in [6, 6.07) is 0. The van der Waals surface area contributed by atoms with Gasteiger partial charge in [0.1, 0.15) is 5.60 Å². The maximum Gasteiger partial charge on any atom is 0.407 e. The van der Waals surface area contributed by atoms with Crippen LogP contribution in [-0.2, 0) is 9.47 Å². The Balaban J connectivity index is 2.04. The summed E-state index contributed by atoms with van der Waals surface area (Å²) in [7, 11) is 1.71. The largest absolute Gasteiger partial charge is 0.442 e. The topological polar surface area (TPSA) is 59.6 Å². The summed E-state index contributed by atoms with van der Waals surface area (Å²) in [6.45, 7) is 3.29. The number of rotatable bonds is 3. The molecule has 2 saturated heterocycles. The van der Waals surface area contributed by atoms with Crippen molar-refractivity contribution < 1.29 is 14.3 Å². The van der Waals surface area contributed by atoms with Gasteiger partial charge in [0, 0.05) is 39.0 Å². The van der Waals surface area contributed by atoms with Gasteiger partial charge in [-0.1, -0.05) is 0 Å². The summed E-state index contributed by atoms with van der Waals surface area (Å²) in [5.41, 5.74) is -0.258. The lowest BCUT2D eigenvalue weighted by molar-refractivity contribution is -0.0806. The highest BCUT2D eigenvalue weighted by molar-refractivity contribution is 5.68. The Hall–Kier alpha value is -0.810.